The molecule has 0 aliphatic rings. The van der Waals surface area contributed by atoms with Crippen LogP contribution in [-0.2, 0) is 22.6 Å². The Labute approximate surface area is 109 Å². The first-order chi connectivity index (χ1) is 8.43. The van der Waals surface area contributed by atoms with Gasteiger partial charge in [0, 0.05) is 11.9 Å². The second-order valence-electron chi connectivity index (χ2n) is 4.24. The van der Waals surface area contributed by atoms with Gasteiger partial charge in [-0.3, -0.25) is 4.79 Å². The maximum absolute atomic E-state index is 11.7. The van der Waals surface area contributed by atoms with E-state index in [9.17, 15) is 9.59 Å². The van der Waals surface area contributed by atoms with Crippen molar-refractivity contribution in [3.05, 3.63) is 16.1 Å². The van der Waals surface area contributed by atoms with Crippen molar-refractivity contribution in [2.45, 2.75) is 32.9 Å². The maximum atomic E-state index is 11.7. The molecule has 1 aromatic rings. The van der Waals surface area contributed by atoms with Crippen molar-refractivity contribution in [2.75, 3.05) is 0 Å². The lowest BCUT2D eigenvalue weighted by atomic mass is 10.0. The molecule has 6 nitrogen and oxygen atoms in total. The predicted octanol–water partition coefficient (Wildman–Crippen LogP) is 0.370. The predicted molar refractivity (Wildman–Crippen MR) is 68.1 cm³/mol. The third-order valence-corrected chi connectivity index (χ3v) is 3.28. The van der Waals surface area contributed by atoms with Crippen molar-refractivity contribution in [3.8, 4) is 0 Å². The van der Waals surface area contributed by atoms with Crippen LogP contribution in [0.2, 0.25) is 0 Å². The number of nitrogens with two attached hydrogens (primary N) is 1. The number of carbonyl (C=O) groups excluding carboxylic acids is 1. The molecule has 1 unspecified atom stereocenters. The molecule has 1 heterocycles. The number of amides is 1. The summed E-state index contributed by atoms with van der Waals surface area (Å²) in [5, 5.41) is 14.0. The van der Waals surface area contributed by atoms with E-state index >= 15 is 0 Å². The topological polar surface area (TPSA) is 105 Å². The Bertz CT molecular complexity index is 431. The molecular weight excluding hydrogens is 254 g/mol. The van der Waals surface area contributed by atoms with Gasteiger partial charge in [-0.05, 0) is 5.92 Å². The second-order valence-corrected chi connectivity index (χ2v) is 5.18. The van der Waals surface area contributed by atoms with Crippen molar-refractivity contribution < 1.29 is 14.7 Å². The third-order valence-electron chi connectivity index (χ3n) is 2.36. The van der Waals surface area contributed by atoms with Crippen molar-refractivity contribution >= 4 is 23.2 Å². The minimum absolute atomic E-state index is 0.0764. The molecule has 18 heavy (non-hydrogen) atoms. The summed E-state index contributed by atoms with van der Waals surface area (Å²) < 4.78 is 0. The molecule has 0 bridgehead atoms. The molecule has 7 heteroatoms. The standard InChI is InChI=1S/C11H17N3O3S/c1-6(2)10(11(16)17)14-8(15)3-7-5-18-9(4-12)13-7/h5-6,10H,3-4,12H2,1-2H3,(H,14,15)(H,16,17). The number of carboxylic acids is 1. The first kappa shape index (κ1) is 14.6. The molecule has 0 aliphatic heterocycles. The van der Waals surface area contributed by atoms with E-state index in [0.717, 1.165) is 5.01 Å². The van der Waals surface area contributed by atoms with Crippen molar-refractivity contribution in [1.29, 1.82) is 0 Å². The highest BCUT2D eigenvalue weighted by Crippen LogP contribution is 2.10. The molecule has 1 atom stereocenters. The van der Waals surface area contributed by atoms with E-state index in [2.05, 4.69) is 10.3 Å². The summed E-state index contributed by atoms with van der Waals surface area (Å²) in [5.74, 6) is -1.54. The highest BCUT2D eigenvalue weighted by atomic mass is 32.1. The third kappa shape index (κ3) is 4.08. The number of hydrogen-bond donors (Lipinski definition) is 3. The zero-order valence-electron chi connectivity index (χ0n) is 10.3. The zero-order valence-corrected chi connectivity index (χ0v) is 11.2. The molecule has 0 fully saturated rings. The van der Waals surface area contributed by atoms with Gasteiger partial charge in [-0.1, -0.05) is 13.8 Å². The van der Waals surface area contributed by atoms with E-state index in [0.29, 0.717) is 12.2 Å². The van der Waals surface area contributed by atoms with Crippen LogP contribution in [0.1, 0.15) is 24.5 Å². The van der Waals surface area contributed by atoms with E-state index in [-0.39, 0.29) is 18.2 Å². The van der Waals surface area contributed by atoms with Gasteiger partial charge >= 0.3 is 5.97 Å². The lowest BCUT2D eigenvalue weighted by Crippen LogP contribution is -2.44. The van der Waals surface area contributed by atoms with Gasteiger partial charge in [0.25, 0.3) is 0 Å². The number of thiazole rings is 1. The quantitative estimate of drug-likeness (QED) is 0.693. The fourth-order valence-electron chi connectivity index (χ4n) is 1.43. The number of carbonyl (C=O) groups is 2. The zero-order chi connectivity index (χ0) is 13.7. The van der Waals surface area contributed by atoms with E-state index in [1.54, 1.807) is 19.2 Å². The van der Waals surface area contributed by atoms with Crippen LogP contribution in [0.4, 0.5) is 0 Å². The number of rotatable bonds is 6. The number of nitrogens with one attached hydrogen (secondary N) is 1. The Morgan fingerprint density at radius 3 is 2.67 bits per heavy atom. The molecule has 100 valence electrons. The number of hydrogen-bond acceptors (Lipinski definition) is 5. The van der Waals surface area contributed by atoms with Crippen molar-refractivity contribution in [1.82, 2.24) is 10.3 Å². The van der Waals surface area contributed by atoms with E-state index < -0.39 is 12.0 Å². The molecule has 0 saturated carbocycles. The van der Waals surface area contributed by atoms with Gasteiger partial charge in [-0.2, -0.15) is 0 Å². The molecule has 1 aromatic heterocycles. The minimum atomic E-state index is -1.03. The molecular formula is C11H17N3O3S. The fourth-order valence-corrected chi connectivity index (χ4v) is 2.10. The maximum Gasteiger partial charge on any atom is 0.326 e. The molecule has 0 aromatic carbocycles. The van der Waals surface area contributed by atoms with Crippen LogP contribution in [0, 0.1) is 5.92 Å². The van der Waals surface area contributed by atoms with Crippen LogP contribution in [0.5, 0.6) is 0 Å². The van der Waals surface area contributed by atoms with Gasteiger partial charge in [0.15, 0.2) is 0 Å². The highest BCUT2D eigenvalue weighted by molar-refractivity contribution is 7.09. The summed E-state index contributed by atoms with van der Waals surface area (Å²) in [6.07, 6.45) is 0.0764. The lowest BCUT2D eigenvalue weighted by Gasteiger charge is -2.17. The summed E-state index contributed by atoms with van der Waals surface area (Å²) >= 11 is 1.39. The van der Waals surface area contributed by atoms with Crippen LogP contribution in [0.15, 0.2) is 5.38 Å². The molecule has 0 radical (unpaired) electrons. The Balaban J connectivity index is 2.57. The highest BCUT2D eigenvalue weighted by Gasteiger charge is 2.23. The Kier molecular flexibility index (Phi) is 5.24. The van der Waals surface area contributed by atoms with Crippen LogP contribution in [-0.4, -0.2) is 28.0 Å². The van der Waals surface area contributed by atoms with Crippen LogP contribution in [0.3, 0.4) is 0 Å². The molecule has 0 aliphatic carbocycles. The summed E-state index contributed by atoms with van der Waals surface area (Å²) in [6.45, 7) is 3.83. The summed E-state index contributed by atoms with van der Waals surface area (Å²) in [6, 6.07) is -0.870. The Hall–Kier alpha value is -1.47. The van der Waals surface area contributed by atoms with Crippen molar-refractivity contribution in [2.24, 2.45) is 11.7 Å². The molecule has 1 rings (SSSR count). The van der Waals surface area contributed by atoms with Crippen LogP contribution < -0.4 is 11.1 Å². The van der Waals surface area contributed by atoms with Gasteiger partial charge in [-0.15, -0.1) is 11.3 Å². The minimum Gasteiger partial charge on any atom is -0.480 e. The Morgan fingerprint density at radius 2 is 2.22 bits per heavy atom. The normalized spacial score (nSPS) is 12.4. The fraction of sp³-hybridized carbons (Fsp3) is 0.545. The van der Waals surface area contributed by atoms with Crippen LogP contribution in [0.25, 0.3) is 0 Å². The van der Waals surface area contributed by atoms with Gasteiger partial charge in [-0.25, -0.2) is 9.78 Å². The molecule has 4 N–H and O–H groups in total. The first-order valence-electron chi connectivity index (χ1n) is 5.59. The molecule has 0 saturated heterocycles. The molecule has 0 spiro atoms. The van der Waals surface area contributed by atoms with Gasteiger partial charge in [0.1, 0.15) is 11.0 Å². The summed E-state index contributed by atoms with van der Waals surface area (Å²) in [7, 11) is 0. The number of aromatic nitrogens is 1. The number of aliphatic carboxylic acids is 1. The van der Waals surface area contributed by atoms with Crippen LogP contribution >= 0.6 is 11.3 Å². The van der Waals surface area contributed by atoms with E-state index in [4.69, 9.17) is 10.8 Å². The SMILES string of the molecule is CC(C)C(NC(=O)Cc1csc(CN)n1)C(=O)O. The average molecular weight is 271 g/mol. The van der Waals surface area contributed by atoms with Gasteiger partial charge < -0.3 is 16.2 Å². The van der Waals surface area contributed by atoms with Gasteiger partial charge in [0.2, 0.25) is 5.91 Å². The smallest absolute Gasteiger partial charge is 0.326 e. The number of carboxylic acid groups (broad SMARTS) is 1. The van der Waals surface area contributed by atoms with Crippen molar-refractivity contribution in [3.63, 3.8) is 0 Å². The molecule has 1 amide bonds. The largest absolute Gasteiger partial charge is 0.480 e. The van der Waals surface area contributed by atoms with Gasteiger partial charge in [0.05, 0.1) is 12.1 Å². The summed E-state index contributed by atoms with van der Waals surface area (Å²) in [5.41, 5.74) is 6.04. The average Bonchev–Trinajstić information content (AvgIpc) is 2.72. The first-order valence-corrected chi connectivity index (χ1v) is 6.47. The monoisotopic (exact) mass is 271 g/mol. The number of nitrogens with zero attached hydrogens (tertiary/aromatic N) is 1. The lowest BCUT2D eigenvalue weighted by molar-refractivity contribution is -0.143. The van der Waals surface area contributed by atoms with E-state index in [1.807, 2.05) is 0 Å². The second kappa shape index (κ2) is 6.46. The Morgan fingerprint density at radius 1 is 1.56 bits per heavy atom. The van der Waals surface area contributed by atoms with E-state index in [1.165, 1.54) is 11.3 Å². The summed E-state index contributed by atoms with van der Waals surface area (Å²) in [4.78, 5) is 26.8.